The Morgan fingerprint density at radius 2 is 2.18 bits per heavy atom. The van der Waals surface area contributed by atoms with Gasteiger partial charge < -0.3 is 0 Å². The summed E-state index contributed by atoms with van der Waals surface area (Å²) in [6.45, 7) is 4.13. The van der Waals surface area contributed by atoms with Gasteiger partial charge in [0.05, 0.1) is 11.3 Å². The fourth-order valence-electron chi connectivity index (χ4n) is 3.08. The second kappa shape index (κ2) is 5.03. The summed E-state index contributed by atoms with van der Waals surface area (Å²) in [5, 5.41) is 4.27. The topological polar surface area (TPSA) is 34.9 Å². The summed E-state index contributed by atoms with van der Waals surface area (Å²) in [6.07, 6.45) is 7.76. The molecule has 3 nitrogen and oxygen atoms in total. The smallest absolute Gasteiger partial charge is 0.169 e. The highest BCUT2D eigenvalue weighted by Gasteiger charge is 2.31. The molecule has 1 aliphatic carbocycles. The molecule has 0 spiro atoms. The second-order valence-electron chi connectivity index (χ2n) is 5.23. The number of rotatable bonds is 3. The minimum Gasteiger partial charge on any atom is -0.294 e. The first-order chi connectivity index (χ1) is 8.13. The lowest BCUT2D eigenvalue weighted by molar-refractivity contribution is 0.0819. The normalized spacial score (nSPS) is 24.9. The number of carbonyl (C=O) groups excluding carboxylic acids is 1. The molecule has 2 rings (SSSR count). The largest absolute Gasteiger partial charge is 0.294 e. The highest BCUT2D eigenvalue weighted by Crippen LogP contribution is 2.34. The maximum atomic E-state index is 12.5. The zero-order chi connectivity index (χ0) is 12.4. The van der Waals surface area contributed by atoms with Crippen LogP contribution >= 0.6 is 0 Å². The average Bonchev–Trinajstić information content (AvgIpc) is 2.67. The molecule has 0 radical (unpaired) electrons. The molecule has 1 aliphatic rings. The lowest BCUT2D eigenvalue weighted by Crippen LogP contribution is -2.27. The van der Waals surface area contributed by atoms with E-state index in [1.165, 1.54) is 19.3 Å². The van der Waals surface area contributed by atoms with Crippen molar-refractivity contribution >= 4 is 5.78 Å². The molecule has 1 heterocycles. The van der Waals surface area contributed by atoms with E-state index in [1.54, 1.807) is 4.68 Å². The third-order valence-electron chi connectivity index (χ3n) is 4.05. The number of aromatic nitrogens is 2. The number of nitrogens with zero attached hydrogens (tertiary/aromatic N) is 2. The van der Waals surface area contributed by atoms with Gasteiger partial charge in [0, 0.05) is 19.2 Å². The van der Waals surface area contributed by atoms with E-state index in [1.807, 2.05) is 20.2 Å². The Balaban J connectivity index is 2.21. The average molecular weight is 234 g/mol. The van der Waals surface area contributed by atoms with Crippen LogP contribution in [0.5, 0.6) is 0 Å². The number of aryl methyl sites for hydroxylation is 2. The molecule has 2 atom stereocenters. The maximum absolute atomic E-state index is 12.5. The number of carbonyl (C=O) groups is 1. The van der Waals surface area contributed by atoms with E-state index in [9.17, 15) is 4.79 Å². The number of Topliss-reactive ketones (excluding diaryl/α,β-unsaturated/α-hetero) is 1. The van der Waals surface area contributed by atoms with Crippen LogP contribution < -0.4 is 0 Å². The summed E-state index contributed by atoms with van der Waals surface area (Å²) in [5.74, 6) is 1.13. The summed E-state index contributed by atoms with van der Waals surface area (Å²) in [4.78, 5) is 12.5. The van der Waals surface area contributed by atoms with Gasteiger partial charge >= 0.3 is 0 Å². The van der Waals surface area contributed by atoms with Crippen LogP contribution in [-0.4, -0.2) is 15.6 Å². The molecule has 2 unspecified atom stereocenters. The minimum atomic E-state index is 0.233. The van der Waals surface area contributed by atoms with Crippen molar-refractivity contribution in [1.82, 2.24) is 9.78 Å². The van der Waals surface area contributed by atoms with Gasteiger partial charge in [-0.1, -0.05) is 26.2 Å². The molecule has 0 amide bonds. The molecule has 0 N–H and O–H groups in total. The van der Waals surface area contributed by atoms with E-state index < -0.39 is 0 Å². The van der Waals surface area contributed by atoms with Gasteiger partial charge in [-0.3, -0.25) is 9.48 Å². The monoisotopic (exact) mass is 234 g/mol. The van der Waals surface area contributed by atoms with Crippen molar-refractivity contribution in [3.05, 3.63) is 17.5 Å². The van der Waals surface area contributed by atoms with Gasteiger partial charge in [0.1, 0.15) is 0 Å². The van der Waals surface area contributed by atoms with Crippen molar-refractivity contribution in [2.24, 2.45) is 18.9 Å². The van der Waals surface area contributed by atoms with Crippen molar-refractivity contribution in [3.8, 4) is 0 Å². The van der Waals surface area contributed by atoms with E-state index in [2.05, 4.69) is 12.0 Å². The van der Waals surface area contributed by atoms with Crippen LogP contribution in [0.25, 0.3) is 0 Å². The van der Waals surface area contributed by atoms with Crippen molar-refractivity contribution in [2.75, 3.05) is 0 Å². The van der Waals surface area contributed by atoms with Gasteiger partial charge in [-0.2, -0.15) is 5.10 Å². The van der Waals surface area contributed by atoms with Gasteiger partial charge in [0.25, 0.3) is 0 Å². The third-order valence-corrected chi connectivity index (χ3v) is 4.05. The fraction of sp³-hybridized carbons (Fsp3) is 0.714. The first-order valence-electron chi connectivity index (χ1n) is 6.68. The van der Waals surface area contributed by atoms with Crippen LogP contribution in [0.3, 0.4) is 0 Å². The minimum absolute atomic E-state index is 0.233. The van der Waals surface area contributed by atoms with Crippen LogP contribution in [-0.2, 0) is 7.05 Å². The molecule has 0 bridgehead atoms. The summed E-state index contributed by atoms with van der Waals surface area (Å²) in [7, 11) is 1.88. The molecule has 0 aliphatic heterocycles. The maximum Gasteiger partial charge on any atom is 0.169 e. The Labute approximate surface area is 103 Å². The summed E-state index contributed by atoms with van der Waals surface area (Å²) in [5.41, 5.74) is 1.70. The van der Waals surface area contributed by atoms with Gasteiger partial charge in [0.2, 0.25) is 0 Å². The Morgan fingerprint density at radius 1 is 1.47 bits per heavy atom. The van der Waals surface area contributed by atoms with Crippen LogP contribution in [0.4, 0.5) is 0 Å². The Kier molecular flexibility index (Phi) is 3.65. The van der Waals surface area contributed by atoms with Crippen LogP contribution in [0.15, 0.2) is 6.20 Å². The molecule has 1 aromatic rings. The molecular formula is C14H22N2O. The van der Waals surface area contributed by atoms with E-state index >= 15 is 0 Å². The Bertz CT molecular complexity index is 408. The molecule has 3 heteroatoms. The van der Waals surface area contributed by atoms with Gasteiger partial charge in [-0.25, -0.2) is 0 Å². The van der Waals surface area contributed by atoms with E-state index in [0.717, 1.165) is 24.1 Å². The molecule has 1 fully saturated rings. The van der Waals surface area contributed by atoms with Crippen LogP contribution in [0.2, 0.25) is 0 Å². The van der Waals surface area contributed by atoms with E-state index in [0.29, 0.717) is 11.7 Å². The zero-order valence-electron chi connectivity index (χ0n) is 11.1. The zero-order valence-corrected chi connectivity index (χ0v) is 11.1. The lowest BCUT2D eigenvalue weighted by atomic mass is 9.74. The lowest BCUT2D eigenvalue weighted by Gasteiger charge is -2.29. The van der Waals surface area contributed by atoms with Crippen molar-refractivity contribution in [1.29, 1.82) is 0 Å². The van der Waals surface area contributed by atoms with Crippen molar-refractivity contribution < 1.29 is 4.79 Å². The highest BCUT2D eigenvalue weighted by atomic mass is 16.1. The highest BCUT2D eigenvalue weighted by molar-refractivity contribution is 5.98. The third kappa shape index (κ3) is 2.43. The molecule has 0 saturated heterocycles. The van der Waals surface area contributed by atoms with E-state index in [-0.39, 0.29) is 5.92 Å². The SMILES string of the molecule is CCC1CCCCC1C(=O)c1cn(C)nc1C. The van der Waals surface area contributed by atoms with E-state index in [4.69, 9.17) is 0 Å². The first-order valence-corrected chi connectivity index (χ1v) is 6.68. The molecule has 0 aromatic carbocycles. The number of ketones is 1. The van der Waals surface area contributed by atoms with Crippen LogP contribution in [0, 0.1) is 18.8 Å². The quantitative estimate of drug-likeness (QED) is 0.753. The Hall–Kier alpha value is -1.12. The predicted octanol–water partition coefficient (Wildman–Crippen LogP) is 3.13. The summed E-state index contributed by atoms with van der Waals surface area (Å²) < 4.78 is 1.74. The molecule has 1 aromatic heterocycles. The van der Waals surface area contributed by atoms with Crippen molar-refractivity contribution in [3.63, 3.8) is 0 Å². The summed E-state index contributed by atoms with van der Waals surface area (Å²) in [6, 6.07) is 0. The molecular weight excluding hydrogens is 212 g/mol. The second-order valence-corrected chi connectivity index (χ2v) is 5.23. The molecule has 17 heavy (non-hydrogen) atoms. The van der Waals surface area contributed by atoms with Crippen molar-refractivity contribution in [2.45, 2.75) is 46.0 Å². The van der Waals surface area contributed by atoms with Gasteiger partial charge in [-0.15, -0.1) is 0 Å². The van der Waals surface area contributed by atoms with Crippen LogP contribution in [0.1, 0.15) is 55.1 Å². The summed E-state index contributed by atoms with van der Waals surface area (Å²) >= 11 is 0. The predicted molar refractivity (Wildman–Crippen MR) is 68.0 cm³/mol. The number of hydrogen-bond acceptors (Lipinski definition) is 2. The van der Waals surface area contributed by atoms with Gasteiger partial charge in [0.15, 0.2) is 5.78 Å². The standard InChI is InChI=1S/C14H22N2O/c1-4-11-7-5-6-8-12(11)14(17)13-9-16(3)15-10(13)2/h9,11-12H,4-8H2,1-3H3. The Morgan fingerprint density at radius 3 is 2.76 bits per heavy atom. The molecule has 94 valence electrons. The number of hydrogen-bond donors (Lipinski definition) is 0. The van der Waals surface area contributed by atoms with Gasteiger partial charge in [-0.05, 0) is 25.7 Å². The first kappa shape index (κ1) is 12.3. The molecule has 1 saturated carbocycles. The fourth-order valence-corrected chi connectivity index (χ4v) is 3.08.